The van der Waals surface area contributed by atoms with Gasteiger partial charge in [0.05, 0.1) is 18.2 Å². The third kappa shape index (κ3) is 5.23. The zero-order valence-corrected chi connectivity index (χ0v) is 20.2. The van der Waals surface area contributed by atoms with E-state index in [2.05, 4.69) is 5.32 Å². The Morgan fingerprint density at radius 3 is 2.44 bits per heavy atom. The highest BCUT2D eigenvalue weighted by molar-refractivity contribution is 5.95. The second kappa shape index (κ2) is 10.9. The summed E-state index contributed by atoms with van der Waals surface area (Å²) in [5, 5.41) is 2.71. The van der Waals surface area contributed by atoms with E-state index in [1.807, 2.05) is 4.90 Å². The van der Waals surface area contributed by atoms with E-state index in [4.69, 9.17) is 4.74 Å². The summed E-state index contributed by atoms with van der Waals surface area (Å²) < 4.78 is 33.5. The van der Waals surface area contributed by atoms with Crippen LogP contribution in [0.5, 0.6) is 0 Å². The third-order valence-corrected chi connectivity index (χ3v) is 6.39. The first kappa shape index (κ1) is 25.3. The van der Waals surface area contributed by atoms with Crippen molar-refractivity contribution in [3.63, 3.8) is 0 Å². The summed E-state index contributed by atoms with van der Waals surface area (Å²) in [7, 11) is 1.55. The number of rotatable bonds is 6. The molecular formula is C26H28F2N4O4. The molecule has 4 rings (SSSR count). The van der Waals surface area contributed by atoms with Crippen molar-refractivity contribution < 1.29 is 27.9 Å². The minimum absolute atomic E-state index is 0.123. The molecule has 2 heterocycles. The van der Waals surface area contributed by atoms with Gasteiger partial charge in [0.25, 0.3) is 5.91 Å². The van der Waals surface area contributed by atoms with Gasteiger partial charge >= 0.3 is 12.0 Å². The molecule has 0 bridgehead atoms. The average molecular weight is 499 g/mol. The second-order valence-electron chi connectivity index (χ2n) is 8.62. The lowest BCUT2D eigenvalue weighted by molar-refractivity contribution is -0.139. The average Bonchev–Trinajstić information content (AvgIpc) is 2.87. The molecule has 2 aromatic rings. The number of carbonyl (C=O) groups excluding carboxylic acids is 3. The summed E-state index contributed by atoms with van der Waals surface area (Å²) in [5.41, 5.74) is 1.04. The lowest BCUT2D eigenvalue weighted by Gasteiger charge is -2.39. The number of hydrogen-bond acceptors (Lipinski definition) is 5. The summed E-state index contributed by atoms with van der Waals surface area (Å²) in [6, 6.07) is 10.1. The van der Waals surface area contributed by atoms with Crippen molar-refractivity contribution in [3.05, 3.63) is 82.6 Å². The molecule has 1 atom stereocenters. The number of esters is 1. The van der Waals surface area contributed by atoms with Gasteiger partial charge in [-0.1, -0.05) is 24.3 Å². The number of likely N-dealkylation sites (N-methyl/N-ethyl adjacent to an activating group) is 1. The molecule has 2 aliphatic heterocycles. The Hall–Kier alpha value is -3.79. The Kier molecular flexibility index (Phi) is 7.64. The summed E-state index contributed by atoms with van der Waals surface area (Å²) >= 11 is 0. The number of nitrogens with one attached hydrogen (secondary N) is 1. The van der Waals surface area contributed by atoms with E-state index >= 15 is 0 Å². The molecule has 1 N–H and O–H groups in total. The third-order valence-electron chi connectivity index (χ3n) is 6.39. The Labute approximate surface area is 208 Å². The number of benzene rings is 2. The van der Waals surface area contributed by atoms with Crippen LogP contribution in [-0.2, 0) is 9.53 Å². The van der Waals surface area contributed by atoms with Crippen LogP contribution in [0, 0.1) is 11.6 Å². The number of halogens is 2. The molecule has 190 valence electrons. The number of urea groups is 1. The van der Waals surface area contributed by atoms with E-state index in [1.165, 1.54) is 41.3 Å². The molecule has 1 fully saturated rings. The number of hydrogen-bond donors (Lipinski definition) is 1. The van der Waals surface area contributed by atoms with Gasteiger partial charge < -0.3 is 15.0 Å². The number of ether oxygens (including phenoxy) is 1. The van der Waals surface area contributed by atoms with Gasteiger partial charge in [-0.2, -0.15) is 0 Å². The van der Waals surface area contributed by atoms with Gasteiger partial charge in [-0.05, 0) is 31.2 Å². The predicted molar refractivity (Wildman–Crippen MR) is 128 cm³/mol. The van der Waals surface area contributed by atoms with Crippen LogP contribution in [-0.4, -0.2) is 79.0 Å². The molecule has 0 spiro atoms. The van der Waals surface area contributed by atoms with Crippen LogP contribution >= 0.6 is 0 Å². The molecule has 0 aliphatic carbocycles. The number of nitrogens with zero attached hydrogens (tertiary/aromatic N) is 3. The summed E-state index contributed by atoms with van der Waals surface area (Å²) in [5.74, 6) is -1.90. The lowest BCUT2D eigenvalue weighted by atomic mass is 9.94. The standard InChI is InChI=1S/C26H28F2N4O4/c1-3-36-25(34)22-21(30(2)26(35)29-23(22)19-9-4-5-10-20(19)28)16-31-11-13-32(14-12-31)24(33)17-7-6-8-18(27)15-17/h4-10,15,23H,3,11-14,16H2,1-2H3,(H,29,35)/t23-/m1/s1. The quantitative estimate of drug-likeness (QED) is 0.620. The summed E-state index contributed by atoms with van der Waals surface area (Å²) in [6.45, 7) is 3.76. The smallest absolute Gasteiger partial charge is 0.338 e. The number of carbonyl (C=O) groups is 3. The molecule has 3 amide bonds. The highest BCUT2D eigenvalue weighted by atomic mass is 19.1. The highest BCUT2D eigenvalue weighted by Gasteiger charge is 2.38. The van der Waals surface area contributed by atoms with Crippen molar-refractivity contribution in [1.29, 1.82) is 0 Å². The molecule has 36 heavy (non-hydrogen) atoms. The molecule has 0 unspecified atom stereocenters. The lowest BCUT2D eigenvalue weighted by Crippen LogP contribution is -2.53. The van der Waals surface area contributed by atoms with Crippen LogP contribution in [0.25, 0.3) is 0 Å². The first-order valence-corrected chi connectivity index (χ1v) is 11.8. The highest BCUT2D eigenvalue weighted by Crippen LogP contribution is 2.32. The van der Waals surface area contributed by atoms with Crippen LogP contribution in [0.3, 0.4) is 0 Å². The molecule has 8 nitrogen and oxygen atoms in total. The van der Waals surface area contributed by atoms with Crippen LogP contribution in [0.2, 0.25) is 0 Å². The van der Waals surface area contributed by atoms with E-state index in [9.17, 15) is 23.2 Å². The Morgan fingerprint density at radius 2 is 1.78 bits per heavy atom. The van der Waals surface area contributed by atoms with Crippen LogP contribution in [0.15, 0.2) is 59.8 Å². The van der Waals surface area contributed by atoms with Crippen molar-refractivity contribution in [2.24, 2.45) is 0 Å². The zero-order valence-electron chi connectivity index (χ0n) is 20.2. The fourth-order valence-corrected chi connectivity index (χ4v) is 4.47. The molecule has 2 aromatic carbocycles. The fourth-order valence-electron chi connectivity index (χ4n) is 4.47. The van der Waals surface area contributed by atoms with E-state index in [0.29, 0.717) is 31.9 Å². The van der Waals surface area contributed by atoms with E-state index in [1.54, 1.807) is 31.0 Å². The molecule has 1 saturated heterocycles. The van der Waals surface area contributed by atoms with Gasteiger partial charge in [-0.3, -0.25) is 14.6 Å². The Bertz CT molecular complexity index is 1190. The summed E-state index contributed by atoms with van der Waals surface area (Å²) in [6.07, 6.45) is 0. The van der Waals surface area contributed by atoms with Crippen LogP contribution in [0.4, 0.5) is 13.6 Å². The van der Waals surface area contributed by atoms with E-state index < -0.39 is 29.7 Å². The van der Waals surface area contributed by atoms with Crippen molar-refractivity contribution >= 4 is 17.9 Å². The minimum Gasteiger partial charge on any atom is -0.463 e. The first-order valence-electron chi connectivity index (χ1n) is 11.8. The van der Waals surface area contributed by atoms with E-state index in [-0.39, 0.29) is 35.8 Å². The molecule has 0 saturated carbocycles. The molecule has 0 radical (unpaired) electrons. The van der Waals surface area contributed by atoms with Gasteiger partial charge in [0.15, 0.2) is 0 Å². The largest absolute Gasteiger partial charge is 0.463 e. The number of amides is 3. The summed E-state index contributed by atoms with van der Waals surface area (Å²) in [4.78, 5) is 43.6. The maximum atomic E-state index is 14.7. The van der Waals surface area contributed by atoms with Crippen LogP contribution in [0.1, 0.15) is 28.9 Å². The van der Waals surface area contributed by atoms with Crippen molar-refractivity contribution in [3.8, 4) is 0 Å². The van der Waals surface area contributed by atoms with Gasteiger partial charge in [0, 0.05) is 56.6 Å². The Morgan fingerprint density at radius 1 is 1.06 bits per heavy atom. The van der Waals surface area contributed by atoms with E-state index in [0.717, 1.165) is 0 Å². The van der Waals surface area contributed by atoms with Crippen molar-refractivity contribution in [1.82, 2.24) is 20.0 Å². The van der Waals surface area contributed by atoms with Gasteiger partial charge in [-0.25, -0.2) is 18.4 Å². The fraction of sp³-hybridized carbons (Fsp3) is 0.346. The maximum Gasteiger partial charge on any atom is 0.338 e. The second-order valence-corrected chi connectivity index (χ2v) is 8.62. The normalized spacial score (nSPS) is 18.8. The van der Waals surface area contributed by atoms with Crippen molar-refractivity contribution in [2.45, 2.75) is 13.0 Å². The van der Waals surface area contributed by atoms with Crippen molar-refractivity contribution in [2.75, 3.05) is 46.4 Å². The van der Waals surface area contributed by atoms with Gasteiger partial charge in [-0.15, -0.1) is 0 Å². The zero-order chi connectivity index (χ0) is 25.8. The first-order chi connectivity index (χ1) is 17.3. The van der Waals surface area contributed by atoms with Gasteiger partial charge in [0.1, 0.15) is 11.6 Å². The Balaban J connectivity index is 1.57. The minimum atomic E-state index is -1.00. The molecule has 0 aromatic heterocycles. The molecule has 2 aliphatic rings. The number of piperazine rings is 1. The SMILES string of the molecule is CCOC(=O)C1=C(CN2CCN(C(=O)c3cccc(F)c3)CC2)N(C)C(=O)N[C@@H]1c1ccccc1F. The monoisotopic (exact) mass is 498 g/mol. The van der Waals surface area contributed by atoms with Crippen LogP contribution < -0.4 is 5.32 Å². The molecule has 10 heteroatoms. The topological polar surface area (TPSA) is 82.2 Å². The van der Waals surface area contributed by atoms with Gasteiger partial charge in [0.2, 0.25) is 0 Å². The predicted octanol–water partition coefficient (Wildman–Crippen LogP) is 2.94. The molecular weight excluding hydrogens is 470 g/mol. The maximum absolute atomic E-state index is 14.7.